The predicted octanol–water partition coefficient (Wildman–Crippen LogP) is 5.75. The number of hydrogen-bond donors (Lipinski definition) is 3. The van der Waals surface area contributed by atoms with E-state index < -0.39 is 29.9 Å². The Kier molecular flexibility index (Phi) is 12.8. The lowest BCUT2D eigenvalue weighted by molar-refractivity contribution is -0.146. The van der Waals surface area contributed by atoms with Crippen LogP contribution in [0.25, 0.3) is 0 Å². The number of aliphatic hydroxyl groups excluding tert-OH is 1. The molecule has 5 fully saturated rings. The smallest absolute Gasteiger partial charge is 0.276 e. The maximum absolute atomic E-state index is 15.4. The highest BCUT2D eigenvalue weighted by Crippen LogP contribution is 2.46. The molecule has 1 amide bonds. The Morgan fingerprint density at radius 1 is 1.10 bits per heavy atom. The van der Waals surface area contributed by atoms with Crippen LogP contribution in [0.2, 0.25) is 0 Å². The fourth-order valence-electron chi connectivity index (χ4n) is 8.54. The van der Waals surface area contributed by atoms with Crippen LogP contribution < -0.4 is 10.7 Å². The number of carbonyl (C=O) groups is 1. The van der Waals surface area contributed by atoms with Crippen molar-refractivity contribution in [2.75, 3.05) is 13.1 Å². The van der Waals surface area contributed by atoms with Crippen LogP contribution in [0.5, 0.6) is 0 Å². The highest BCUT2D eigenvalue weighted by molar-refractivity contribution is 7.18. The molecule has 41 heavy (non-hydrogen) atoms. The number of rotatable bonds is 7. The molecule has 0 radical (unpaired) electrons. The number of amides is 1. The Labute approximate surface area is 249 Å². The Hall–Kier alpha value is -0.470. The van der Waals surface area contributed by atoms with Gasteiger partial charge >= 0.3 is 0 Å². The number of fused-ring (bicyclic) bond motifs is 1. The van der Waals surface area contributed by atoms with E-state index in [2.05, 4.69) is 29.6 Å². The van der Waals surface area contributed by atoms with Crippen LogP contribution in [0.1, 0.15) is 106 Å². The minimum Gasteiger partial charge on any atom is -0.391 e. The van der Waals surface area contributed by atoms with Gasteiger partial charge in [-0.1, -0.05) is 70.0 Å². The topological polar surface area (TPSA) is 67.8 Å². The van der Waals surface area contributed by atoms with E-state index in [0.29, 0.717) is 18.9 Å². The first-order valence-corrected chi connectivity index (χ1v) is 16.8. The van der Waals surface area contributed by atoms with Crippen molar-refractivity contribution >= 4 is 15.1 Å². The lowest BCUT2D eigenvalue weighted by Gasteiger charge is -2.48. The molecule has 3 N–H and O–H groups in total. The lowest BCUT2D eigenvalue weighted by Crippen LogP contribution is -2.62. The molecule has 240 valence electrons. The zero-order valence-corrected chi connectivity index (χ0v) is 26.2. The van der Waals surface area contributed by atoms with E-state index in [4.69, 9.17) is 0 Å². The van der Waals surface area contributed by atoms with Crippen molar-refractivity contribution in [2.45, 2.75) is 154 Å². The molecule has 3 aliphatic heterocycles. The van der Waals surface area contributed by atoms with E-state index in [-0.39, 0.29) is 62.3 Å². The Morgan fingerprint density at radius 3 is 2.34 bits per heavy atom. The molecule has 6 nitrogen and oxygen atoms in total. The lowest BCUT2D eigenvalue weighted by atomic mass is 9.68. The number of likely N-dealkylation sites (tertiary alicyclic amines) is 1. The van der Waals surface area contributed by atoms with E-state index in [1.807, 2.05) is 18.7 Å². The van der Waals surface area contributed by atoms with Crippen LogP contribution in [0.4, 0.5) is 13.2 Å². The highest BCUT2D eigenvalue weighted by Gasteiger charge is 2.54. The fourth-order valence-corrected chi connectivity index (χ4v) is 8.88. The van der Waals surface area contributed by atoms with E-state index in [1.54, 1.807) is 0 Å². The van der Waals surface area contributed by atoms with E-state index in [9.17, 15) is 18.7 Å². The standard InChI is InChI=1S/C28H48F3N4O2P.C2H6.CH4/c1-3-6-21-25-22(4-2)34(27(37)17-13-24(36)26(32-15-17)28(30,31)38)12-11-23(25)35(33-21)18-9-10-19(20(29)14-18)16-7-5-8-16;1-2;/h16-26,32-33,36H,3-15,38H2,1-2H3;1-2H3;1H4. The number of carbonyl (C=O) groups excluding carboxylic acids is 1. The molecule has 11 atom stereocenters. The quantitative estimate of drug-likeness (QED) is 0.322. The van der Waals surface area contributed by atoms with Gasteiger partial charge in [-0.05, 0) is 56.8 Å². The fraction of sp³-hybridized carbons (Fsp3) is 0.968. The Balaban J connectivity index is 0.00000151. The summed E-state index contributed by atoms with van der Waals surface area (Å²) in [6.45, 7) is 9.07. The van der Waals surface area contributed by atoms with Crippen LogP contribution in [0.3, 0.4) is 0 Å². The molecule has 10 heteroatoms. The van der Waals surface area contributed by atoms with Crippen molar-refractivity contribution in [3.05, 3.63) is 0 Å². The SMILES string of the molecule is C.CC.CCCC1NN(C2CCC(C3CCC3)C(F)C2)C2CCN(C(=O)C3CNC(C(F)(F)P)C(O)C3)C(CC)C12. The predicted molar refractivity (Wildman–Crippen MR) is 163 cm³/mol. The number of halogens is 3. The van der Waals surface area contributed by atoms with Gasteiger partial charge in [0.15, 0.2) is 0 Å². The first kappa shape index (κ1) is 35.0. The zero-order chi connectivity index (χ0) is 29.2. The average Bonchev–Trinajstić information content (AvgIpc) is 3.27. The summed E-state index contributed by atoms with van der Waals surface area (Å²) in [4.78, 5) is 15.7. The summed E-state index contributed by atoms with van der Waals surface area (Å²) in [6, 6.07) is -0.611. The van der Waals surface area contributed by atoms with Crippen molar-refractivity contribution in [1.82, 2.24) is 20.7 Å². The van der Waals surface area contributed by atoms with Gasteiger partial charge in [0.05, 0.1) is 12.0 Å². The molecule has 3 saturated heterocycles. The molecule has 0 bridgehead atoms. The number of piperidine rings is 2. The summed E-state index contributed by atoms with van der Waals surface area (Å²) in [5.41, 5.74) is 0.694. The first-order chi connectivity index (χ1) is 19.1. The number of alkyl halides is 3. The third kappa shape index (κ3) is 7.27. The van der Waals surface area contributed by atoms with Crippen LogP contribution in [-0.4, -0.2) is 82.2 Å². The molecular formula is C31H58F3N4O2P. The molecule has 0 aromatic carbocycles. The monoisotopic (exact) mass is 606 g/mol. The normalized spacial score (nSPS) is 40.1. The summed E-state index contributed by atoms with van der Waals surface area (Å²) < 4.78 is 43.0. The van der Waals surface area contributed by atoms with Gasteiger partial charge in [0.25, 0.3) is 5.66 Å². The summed E-state index contributed by atoms with van der Waals surface area (Å²) in [5.74, 6) is 0.528. The molecule has 3 heterocycles. The van der Waals surface area contributed by atoms with Crippen LogP contribution >= 0.6 is 9.24 Å². The molecule has 5 rings (SSSR count). The largest absolute Gasteiger partial charge is 0.391 e. The van der Waals surface area contributed by atoms with Crippen LogP contribution in [0.15, 0.2) is 0 Å². The molecule has 0 spiro atoms. The Morgan fingerprint density at radius 2 is 1.80 bits per heavy atom. The van der Waals surface area contributed by atoms with Gasteiger partial charge < -0.3 is 15.3 Å². The Bertz CT molecular complexity index is 832. The third-order valence-corrected chi connectivity index (χ3v) is 11.0. The average molecular weight is 607 g/mol. The highest BCUT2D eigenvalue weighted by atomic mass is 31.0. The summed E-state index contributed by atoms with van der Waals surface area (Å²) in [6.07, 6.45) is 7.96. The number of hydrogen-bond acceptors (Lipinski definition) is 5. The third-order valence-electron chi connectivity index (χ3n) is 10.6. The summed E-state index contributed by atoms with van der Waals surface area (Å²) in [5, 5.41) is 15.5. The molecule has 5 aliphatic rings. The second kappa shape index (κ2) is 15.0. The second-order valence-electron chi connectivity index (χ2n) is 12.8. The van der Waals surface area contributed by atoms with Gasteiger partial charge in [-0.3, -0.25) is 10.2 Å². The minimum atomic E-state index is -3.13. The summed E-state index contributed by atoms with van der Waals surface area (Å²) >= 11 is 0. The molecule has 11 unspecified atom stereocenters. The molecule has 0 aromatic rings. The van der Waals surface area contributed by atoms with Gasteiger partial charge in [-0.2, -0.15) is 0 Å². The van der Waals surface area contributed by atoms with Crippen molar-refractivity contribution in [2.24, 2.45) is 23.7 Å². The molecule has 0 aromatic heterocycles. The minimum absolute atomic E-state index is 0. The van der Waals surface area contributed by atoms with Crippen LogP contribution in [0, 0.1) is 23.7 Å². The molecule has 2 aliphatic carbocycles. The number of aliphatic hydroxyl groups is 1. The van der Waals surface area contributed by atoms with Gasteiger partial charge in [-0.15, -0.1) is 0 Å². The van der Waals surface area contributed by atoms with Crippen molar-refractivity contribution in [1.29, 1.82) is 0 Å². The molecule has 2 saturated carbocycles. The van der Waals surface area contributed by atoms with Crippen molar-refractivity contribution in [3.8, 4) is 0 Å². The first-order valence-electron chi connectivity index (χ1n) is 16.2. The zero-order valence-electron chi connectivity index (χ0n) is 25.0. The van der Waals surface area contributed by atoms with Gasteiger partial charge in [0.1, 0.15) is 12.2 Å². The van der Waals surface area contributed by atoms with Crippen LogP contribution in [-0.2, 0) is 4.79 Å². The van der Waals surface area contributed by atoms with E-state index in [1.165, 1.54) is 28.5 Å². The van der Waals surface area contributed by atoms with E-state index in [0.717, 1.165) is 38.5 Å². The molecular weight excluding hydrogens is 548 g/mol. The maximum atomic E-state index is 15.4. The summed E-state index contributed by atoms with van der Waals surface area (Å²) in [7, 11) is 1.50. The van der Waals surface area contributed by atoms with Crippen molar-refractivity contribution < 1.29 is 23.1 Å². The van der Waals surface area contributed by atoms with Gasteiger partial charge in [-0.25, -0.2) is 18.2 Å². The van der Waals surface area contributed by atoms with E-state index >= 15 is 4.39 Å². The van der Waals surface area contributed by atoms with Crippen molar-refractivity contribution in [3.63, 3.8) is 0 Å². The second-order valence-corrected chi connectivity index (χ2v) is 13.5. The van der Waals surface area contributed by atoms with Gasteiger partial charge in [0, 0.05) is 43.2 Å². The number of nitrogens with zero attached hydrogens (tertiary/aromatic N) is 2. The number of hydrazine groups is 1. The number of nitrogens with one attached hydrogen (secondary N) is 2. The van der Waals surface area contributed by atoms with Gasteiger partial charge in [0.2, 0.25) is 5.91 Å². The maximum Gasteiger partial charge on any atom is 0.276 e.